The molecule has 0 saturated heterocycles. The first-order valence-electron chi connectivity index (χ1n) is 5.57. The maximum atomic E-state index is 8.63. The van der Waals surface area contributed by atoms with Gasteiger partial charge in [-0.15, -0.1) is 0 Å². The lowest BCUT2D eigenvalue weighted by atomic mass is 10.2. The van der Waals surface area contributed by atoms with E-state index in [0.717, 1.165) is 40.0 Å². The van der Waals surface area contributed by atoms with Crippen molar-refractivity contribution in [3.63, 3.8) is 0 Å². The lowest BCUT2D eigenvalue weighted by Crippen LogP contribution is -2.16. The molecule has 0 bridgehead atoms. The van der Waals surface area contributed by atoms with Crippen molar-refractivity contribution < 1.29 is 5.11 Å². The predicted molar refractivity (Wildman–Crippen MR) is 82.6 cm³/mol. The zero-order valence-electron chi connectivity index (χ0n) is 9.59. The van der Waals surface area contributed by atoms with Crippen LogP contribution in [0.15, 0.2) is 27.1 Å². The minimum absolute atomic E-state index is 0.299. The van der Waals surface area contributed by atoms with Gasteiger partial charge in [0.05, 0.1) is 0 Å². The SMILES string of the molecule is OCCCSCCNCc1ccc(Br)c(Br)c1. The number of aliphatic hydroxyl groups is 1. The Morgan fingerprint density at radius 2 is 2.00 bits per heavy atom. The number of thioether (sulfide) groups is 1. The minimum Gasteiger partial charge on any atom is -0.396 e. The van der Waals surface area contributed by atoms with Gasteiger partial charge in [-0.1, -0.05) is 6.07 Å². The van der Waals surface area contributed by atoms with E-state index in [-0.39, 0.29) is 0 Å². The molecule has 1 aromatic rings. The number of benzene rings is 1. The fourth-order valence-corrected chi connectivity index (χ4v) is 2.79. The average molecular weight is 383 g/mol. The van der Waals surface area contributed by atoms with Crippen LogP contribution in [0.1, 0.15) is 12.0 Å². The van der Waals surface area contributed by atoms with Gasteiger partial charge in [0.15, 0.2) is 0 Å². The van der Waals surface area contributed by atoms with Crippen molar-refractivity contribution in [2.45, 2.75) is 13.0 Å². The van der Waals surface area contributed by atoms with Crippen molar-refractivity contribution in [2.24, 2.45) is 0 Å². The van der Waals surface area contributed by atoms with Crippen LogP contribution in [0.4, 0.5) is 0 Å². The highest BCUT2D eigenvalue weighted by Gasteiger charge is 1.98. The molecular weight excluding hydrogens is 366 g/mol. The van der Waals surface area contributed by atoms with Crippen LogP contribution in [0.5, 0.6) is 0 Å². The molecule has 1 aromatic carbocycles. The zero-order chi connectivity index (χ0) is 12.5. The third kappa shape index (κ3) is 6.82. The van der Waals surface area contributed by atoms with Crippen molar-refractivity contribution in [2.75, 3.05) is 24.7 Å². The first-order chi connectivity index (χ1) is 8.24. The zero-order valence-corrected chi connectivity index (χ0v) is 13.6. The normalized spacial score (nSPS) is 10.8. The highest BCUT2D eigenvalue weighted by atomic mass is 79.9. The summed E-state index contributed by atoms with van der Waals surface area (Å²) >= 11 is 8.83. The molecule has 0 aliphatic rings. The van der Waals surface area contributed by atoms with Gasteiger partial charge in [-0.2, -0.15) is 11.8 Å². The van der Waals surface area contributed by atoms with E-state index in [2.05, 4.69) is 55.4 Å². The second-order valence-electron chi connectivity index (χ2n) is 3.61. The molecular formula is C12H17Br2NOS. The van der Waals surface area contributed by atoms with Gasteiger partial charge in [-0.05, 0) is 61.7 Å². The van der Waals surface area contributed by atoms with Crippen molar-refractivity contribution in [3.8, 4) is 0 Å². The average Bonchev–Trinajstić information content (AvgIpc) is 2.32. The second-order valence-corrected chi connectivity index (χ2v) is 6.55. The van der Waals surface area contributed by atoms with Crippen LogP contribution in [0.25, 0.3) is 0 Å². The number of hydrogen-bond acceptors (Lipinski definition) is 3. The van der Waals surface area contributed by atoms with Gasteiger partial charge in [0, 0.05) is 34.4 Å². The lowest BCUT2D eigenvalue weighted by molar-refractivity contribution is 0.296. The van der Waals surface area contributed by atoms with Gasteiger partial charge in [0.1, 0.15) is 0 Å². The van der Waals surface area contributed by atoms with Crippen LogP contribution in [0.3, 0.4) is 0 Å². The van der Waals surface area contributed by atoms with Crippen molar-refractivity contribution in [1.29, 1.82) is 0 Å². The van der Waals surface area contributed by atoms with Gasteiger partial charge < -0.3 is 10.4 Å². The Bertz CT molecular complexity index is 336. The van der Waals surface area contributed by atoms with E-state index in [1.54, 1.807) is 0 Å². The van der Waals surface area contributed by atoms with Crippen LogP contribution in [-0.2, 0) is 6.54 Å². The smallest absolute Gasteiger partial charge is 0.0438 e. The third-order valence-corrected chi connectivity index (χ3v) is 5.13. The summed E-state index contributed by atoms with van der Waals surface area (Å²) in [6.07, 6.45) is 0.893. The number of halogens is 2. The summed E-state index contributed by atoms with van der Waals surface area (Å²) in [5, 5.41) is 12.0. The highest BCUT2D eigenvalue weighted by molar-refractivity contribution is 9.13. The minimum atomic E-state index is 0.299. The predicted octanol–water partition coefficient (Wildman–Crippen LogP) is 3.42. The van der Waals surface area contributed by atoms with Crippen LogP contribution in [0, 0.1) is 0 Å². The molecule has 5 heteroatoms. The molecule has 0 heterocycles. The monoisotopic (exact) mass is 381 g/mol. The Labute approximate surface area is 124 Å². The number of nitrogens with one attached hydrogen (secondary N) is 1. The third-order valence-electron chi connectivity index (χ3n) is 2.18. The first-order valence-corrected chi connectivity index (χ1v) is 8.31. The number of rotatable bonds is 8. The van der Waals surface area contributed by atoms with E-state index in [9.17, 15) is 0 Å². The molecule has 0 unspecified atom stereocenters. The summed E-state index contributed by atoms with van der Waals surface area (Å²) in [4.78, 5) is 0. The Balaban J connectivity index is 2.11. The molecule has 0 fully saturated rings. The summed E-state index contributed by atoms with van der Waals surface area (Å²) in [6.45, 7) is 2.20. The highest BCUT2D eigenvalue weighted by Crippen LogP contribution is 2.23. The van der Waals surface area contributed by atoms with E-state index in [1.165, 1.54) is 5.56 Å². The van der Waals surface area contributed by atoms with E-state index >= 15 is 0 Å². The standard InChI is InChI=1S/C12H17Br2NOS/c13-11-3-2-10(8-12(11)14)9-15-4-7-17-6-1-5-16/h2-3,8,15-16H,1,4-7,9H2. The fourth-order valence-electron chi connectivity index (χ4n) is 1.30. The maximum Gasteiger partial charge on any atom is 0.0438 e. The van der Waals surface area contributed by atoms with Crippen LogP contribution < -0.4 is 5.32 Å². The summed E-state index contributed by atoms with van der Waals surface area (Å²) < 4.78 is 2.18. The van der Waals surface area contributed by atoms with E-state index < -0.39 is 0 Å². The van der Waals surface area contributed by atoms with E-state index in [0.29, 0.717) is 6.61 Å². The quantitative estimate of drug-likeness (QED) is 0.675. The molecule has 0 aliphatic carbocycles. The molecule has 0 spiro atoms. The Hall–Kier alpha value is 0.450. The summed E-state index contributed by atoms with van der Waals surface area (Å²) in [5.41, 5.74) is 1.28. The van der Waals surface area contributed by atoms with Crippen LogP contribution in [-0.4, -0.2) is 29.8 Å². The molecule has 0 aromatic heterocycles. The number of hydrogen-bond donors (Lipinski definition) is 2. The van der Waals surface area contributed by atoms with Gasteiger partial charge in [-0.25, -0.2) is 0 Å². The van der Waals surface area contributed by atoms with Crippen molar-refractivity contribution >= 4 is 43.6 Å². The first kappa shape index (κ1) is 15.5. The van der Waals surface area contributed by atoms with Gasteiger partial charge in [0.25, 0.3) is 0 Å². The second kappa shape index (κ2) is 9.39. The summed E-state index contributed by atoms with van der Waals surface area (Å²) in [7, 11) is 0. The topological polar surface area (TPSA) is 32.3 Å². The lowest BCUT2D eigenvalue weighted by Gasteiger charge is -2.06. The molecule has 2 nitrogen and oxygen atoms in total. The largest absolute Gasteiger partial charge is 0.396 e. The molecule has 0 amide bonds. The Kier molecular flexibility index (Phi) is 8.56. The molecule has 2 N–H and O–H groups in total. The summed E-state index contributed by atoms with van der Waals surface area (Å²) in [5.74, 6) is 2.14. The Morgan fingerprint density at radius 1 is 1.18 bits per heavy atom. The van der Waals surface area contributed by atoms with E-state index in [4.69, 9.17) is 5.11 Å². The molecule has 0 radical (unpaired) electrons. The van der Waals surface area contributed by atoms with E-state index in [1.807, 2.05) is 11.8 Å². The number of aliphatic hydroxyl groups excluding tert-OH is 1. The molecule has 17 heavy (non-hydrogen) atoms. The molecule has 0 saturated carbocycles. The molecule has 96 valence electrons. The molecule has 0 aliphatic heterocycles. The molecule has 0 atom stereocenters. The van der Waals surface area contributed by atoms with Gasteiger partial charge >= 0.3 is 0 Å². The summed E-state index contributed by atoms with van der Waals surface area (Å²) in [6, 6.07) is 6.29. The van der Waals surface area contributed by atoms with Gasteiger partial charge in [0.2, 0.25) is 0 Å². The molecule has 1 rings (SSSR count). The van der Waals surface area contributed by atoms with Crippen LogP contribution in [0.2, 0.25) is 0 Å². The van der Waals surface area contributed by atoms with Crippen molar-refractivity contribution in [3.05, 3.63) is 32.7 Å². The van der Waals surface area contributed by atoms with Crippen molar-refractivity contribution in [1.82, 2.24) is 5.32 Å². The van der Waals surface area contributed by atoms with Crippen LogP contribution >= 0.6 is 43.6 Å². The Morgan fingerprint density at radius 3 is 2.71 bits per heavy atom. The fraction of sp³-hybridized carbons (Fsp3) is 0.500. The maximum absolute atomic E-state index is 8.63. The van der Waals surface area contributed by atoms with Gasteiger partial charge in [-0.3, -0.25) is 0 Å².